The van der Waals surface area contributed by atoms with E-state index in [2.05, 4.69) is 5.32 Å². The number of aliphatic hydroxyl groups excluding tert-OH is 1. The van der Waals surface area contributed by atoms with Gasteiger partial charge in [-0.05, 0) is 25.0 Å². The molecule has 6 nitrogen and oxygen atoms in total. The maximum absolute atomic E-state index is 12.1. The molecule has 0 bridgehead atoms. The highest BCUT2D eigenvalue weighted by Gasteiger charge is 2.27. The third-order valence-corrected chi connectivity index (χ3v) is 3.84. The molecular weight excluding hydrogens is 258 g/mol. The minimum Gasteiger partial charge on any atom is -0.393 e. The van der Waals surface area contributed by atoms with Crippen LogP contribution in [0.3, 0.4) is 0 Å². The zero-order valence-electron chi connectivity index (χ0n) is 11.9. The van der Waals surface area contributed by atoms with E-state index in [9.17, 15) is 14.7 Å². The molecule has 0 aliphatic heterocycles. The van der Waals surface area contributed by atoms with E-state index in [0.717, 1.165) is 19.3 Å². The van der Waals surface area contributed by atoms with Gasteiger partial charge in [-0.3, -0.25) is 4.79 Å². The van der Waals surface area contributed by atoms with Crippen LogP contribution >= 0.6 is 0 Å². The molecule has 2 amide bonds. The molecule has 2 N–H and O–H groups in total. The number of nitrogens with one attached hydrogen (secondary N) is 1. The first kappa shape index (κ1) is 14.6. The summed E-state index contributed by atoms with van der Waals surface area (Å²) < 4.78 is 1.41. The maximum atomic E-state index is 12.1. The average Bonchev–Trinajstić information content (AvgIpc) is 2.80. The number of hydrogen-bond acceptors (Lipinski definition) is 3. The molecular formula is C14H21N3O3. The Morgan fingerprint density at radius 3 is 2.95 bits per heavy atom. The Morgan fingerprint density at radius 2 is 2.30 bits per heavy atom. The molecule has 1 fully saturated rings. The summed E-state index contributed by atoms with van der Waals surface area (Å²) in [5, 5.41) is 12.4. The largest absolute Gasteiger partial charge is 0.393 e. The Balaban J connectivity index is 1.97. The molecule has 0 spiro atoms. The first-order valence-electron chi connectivity index (χ1n) is 6.85. The normalized spacial score (nSPS) is 21.8. The zero-order valence-corrected chi connectivity index (χ0v) is 11.9. The van der Waals surface area contributed by atoms with Crippen molar-refractivity contribution in [3.63, 3.8) is 0 Å². The number of urea groups is 1. The van der Waals surface area contributed by atoms with Gasteiger partial charge >= 0.3 is 6.03 Å². The monoisotopic (exact) mass is 279 g/mol. The van der Waals surface area contributed by atoms with Crippen LogP contribution in [0.4, 0.5) is 10.5 Å². The van der Waals surface area contributed by atoms with Gasteiger partial charge < -0.3 is 19.9 Å². The fourth-order valence-corrected chi connectivity index (χ4v) is 2.57. The SMILES string of the molecule is CN(CC1CCCC1O)C(=O)Nc1cccn(C)c1=O. The number of pyridine rings is 1. The molecule has 20 heavy (non-hydrogen) atoms. The van der Waals surface area contributed by atoms with E-state index in [1.165, 1.54) is 9.47 Å². The van der Waals surface area contributed by atoms with E-state index in [1.54, 1.807) is 32.4 Å². The summed E-state index contributed by atoms with van der Waals surface area (Å²) in [6, 6.07) is 2.96. The predicted octanol–water partition coefficient (Wildman–Crippen LogP) is 1.01. The number of aliphatic hydroxyl groups is 1. The molecule has 110 valence electrons. The molecule has 1 aliphatic carbocycles. The summed E-state index contributed by atoms with van der Waals surface area (Å²) in [6.45, 7) is 0.500. The third-order valence-electron chi connectivity index (χ3n) is 3.84. The molecule has 1 aromatic heterocycles. The molecule has 2 atom stereocenters. The van der Waals surface area contributed by atoms with Crippen molar-refractivity contribution < 1.29 is 9.90 Å². The Labute approximate surface area is 118 Å². The molecule has 2 rings (SSSR count). The van der Waals surface area contributed by atoms with Crippen LogP contribution in [0.5, 0.6) is 0 Å². The van der Waals surface area contributed by atoms with Gasteiger partial charge in [-0.1, -0.05) is 6.42 Å². The Kier molecular flexibility index (Phi) is 4.44. The molecule has 0 radical (unpaired) electrons. The van der Waals surface area contributed by atoms with Gasteiger partial charge in [0, 0.05) is 32.8 Å². The lowest BCUT2D eigenvalue weighted by Gasteiger charge is -2.23. The fraction of sp³-hybridized carbons (Fsp3) is 0.571. The minimum atomic E-state index is -0.326. The van der Waals surface area contributed by atoms with Crippen LogP contribution in [0.1, 0.15) is 19.3 Å². The van der Waals surface area contributed by atoms with E-state index in [-0.39, 0.29) is 29.3 Å². The molecule has 1 heterocycles. The lowest BCUT2D eigenvalue weighted by molar-refractivity contribution is 0.116. The molecule has 2 unspecified atom stereocenters. The van der Waals surface area contributed by atoms with Crippen molar-refractivity contribution in [2.24, 2.45) is 13.0 Å². The second-order valence-corrected chi connectivity index (χ2v) is 5.41. The molecule has 0 saturated heterocycles. The van der Waals surface area contributed by atoms with E-state index in [4.69, 9.17) is 0 Å². The highest BCUT2D eigenvalue weighted by Crippen LogP contribution is 2.26. The first-order valence-corrected chi connectivity index (χ1v) is 6.85. The van der Waals surface area contributed by atoms with Crippen molar-refractivity contribution in [3.05, 3.63) is 28.7 Å². The number of rotatable bonds is 3. The van der Waals surface area contributed by atoms with Crippen molar-refractivity contribution in [3.8, 4) is 0 Å². The van der Waals surface area contributed by atoms with Gasteiger partial charge in [0.05, 0.1) is 6.10 Å². The zero-order chi connectivity index (χ0) is 14.7. The van der Waals surface area contributed by atoms with Gasteiger partial charge in [0.15, 0.2) is 0 Å². The summed E-state index contributed by atoms with van der Waals surface area (Å²) in [4.78, 5) is 25.4. The number of hydrogen-bond donors (Lipinski definition) is 2. The van der Waals surface area contributed by atoms with Gasteiger partial charge in [0.25, 0.3) is 5.56 Å². The molecule has 1 aromatic rings. The lowest BCUT2D eigenvalue weighted by Crippen LogP contribution is -2.38. The quantitative estimate of drug-likeness (QED) is 0.867. The molecule has 0 aromatic carbocycles. The molecule has 1 aliphatic rings. The van der Waals surface area contributed by atoms with Crippen molar-refractivity contribution in [1.29, 1.82) is 0 Å². The first-order chi connectivity index (χ1) is 9.49. The highest BCUT2D eigenvalue weighted by atomic mass is 16.3. The summed E-state index contributed by atoms with van der Waals surface area (Å²) in [7, 11) is 3.31. The van der Waals surface area contributed by atoms with E-state index < -0.39 is 0 Å². The second-order valence-electron chi connectivity index (χ2n) is 5.41. The Morgan fingerprint density at radius 1 is 1.55 bits per heavy atom. The number of amides is 2. The molecule has 1 saturated carbocycles. The average molecular weight is 279 g/mol. The van der Waals surface area contributed by atoms with E-state index >= 15 is 0 Å². The van der Waals surface area contributed by atoms with Gasteiger partial charge in [0.2, 0.25) is 0 Å². The van der Waals surface area contributed by atoms with Crippen molar-refractivity contribution >= 4 is 11.7 Å². The number of anilines is 1. The smallest absolute Gasteiger partial charge is 0.321 e. The Hall–Kier alpha value is -1.82. The van der Waals surface area contributed by atoms with Crippen LogP contribution in [-0.4, -0.2) is 40.3 Å². The number of aryl methyl sites for hydroxylation is 1. The van der Waals surface area contributed by atoms with Crippen LogP contribution in [-0.2, 0) is 7.05 Å². The van der Waals surface area contributed by atoms with Crippen LogP contribution in [0.2, 0.25) is 0 Å². The van der Waals surface area contributed by atoms with E-state index in [1.807, 2.05) is 0 Å². The maximum Gasteiger partial charge on any atom is 0.321 e. The molecule has 6 heteroatoms. The Bertz CT molecular complexity index is 541. The van der Waals surface area contributed by atoms with Crippen molar-refractivity contribution in [2.75, 3.05) is 18.9 Å². The summed E-state index contributed by atoms with van der Waals surface area (Å²) in [5.41, 5.74) is 0.0222. The van der Waals surface area contributed by atoms with Gasteiger partial charge in [-0.15, -0.1) is 0 Å². The fourth-order valence-electron chi connectivity index (χ4n) is 2.57. The van der Waals surface area contributed by atoms with Crippen LogP contribution in [0, 0.1) is 5.92 Å². The lowest BCUT2D eigenvalue weighted by atomic mass is 10.1. The van der Waals surface area contributed by atoms with Crippen LogP contribution in [0.15, 0.2) is 23.1 Å². The number of nitrogens with zero attached hydrogens (tertiary/aromatic N) is 2. The summed E-state index contributed by atoms with van der Waals surface area (Å²) in [6.07, 6.45) is 4.05. The van der Waals surface area contributed by atoms with Crippen LogP contribution in [0.25, 0.3) is 0 Å². The van der Waals surface area contributed by atoms with Crippen molar-refractivity contribution in [2.45, 2.75) is 25.4 Å². The van der Waals surface area contributed by atoms with Crippen molar-refractivity contribution in [1.82, 2.24) is 9.47 Å². The summed E-state index contributed by atoms with van der Waals surface area (Å²) >= 11 is 0. The van der Waals surface area contributed by atoms with Gasteiger partial charge in [-0.2, -0.15) is 0 Å². The second kappa shape index (κ2) is 6.09. The van der Waals surface area contributed by atoms with E-state index in [0.29, 0.717) is 6.54 Å². The number of carbonyl (C=O) groups excluding carboxylic acids is 1. The third kappa shape index (κ3) is 3.19. The van der Waals surface area contributed by atoms with Crippen LogP contribution < -0.4 is 10.9 Å². The topological polar surface area (TPSA) is 74.6 Å². The number of carbonyl (C=O) groups is 1. The highest BCUT2D eigenvalue weighted by molar-refractivity contribution is 5.88. The van der Waals surface area contributed by atoms with Gasteiger partial charge in [0.1, 0.15) is 5.69 Å². The summed E-state index contributed by atoms with van der Waals surface area (Å²) in [5.74, 6) is 0.129. The standard InChI is InChI=1S/C14H21N3O3/c1-16-8-4-6-11(13(16)19)15-14(20)17(2)9-10-5-3-7-12(10)18/h4,6,8,10,12,18H,3,5,7,9H2,1-2H3,(H,15,20). The predicted molar refractivity (Wildman–Crippen MR) is 76.7 cm³/mol. The minimum absolute atomic E-state index is 0.129. The number of aromatic nitrogens is 1. The van der Waals surface area contributed by atoms with Gasteiger partial charge in [-0.25, -0.2) is 4.79 Å².